The van der Waals surface area contributed by atoms with E-state index in [1.165, 1.54) is 25.7 Å². The Labute approximate surface area is 83.3 Å². The molecule has 1 fully saturated rings. The number of hydrogen-bond acceptors (Lipinski definition) is 1. The van der Waals surface area contributed by atoms with Gasteiger partial charge in [0.1, 0.15) is 0 Å². The molecule has 0 amide bonds. The Morgan fingerprint density at radius 2 is 1.77 bits per heavy atom. The highest BCUT2D eigenvalue weighted by Crippen LogP contribution is 2.24. The topological polar surface area (TPSA) is 12.0 Å². The lowest BCUT2D eigenvalue weighted by Crippen LogP contribution is -2.41. The fourth-order valence-electron chi connectivity index (χ4n) is 2.06. The predicted molar refractivity (Wildman–Crippen MR) is 58.9 cm³/mol. The fourth-order valence-corrected chi connectivity index (χ4v) is 2.06. The second-order valence-electron chi connectivity index (χ2n) is 5.81. The van der Waals surface area contributed by atoms with Crippen LogP contribution in [0.1, 0.15) is 53.4 Å². The summed E-state index contributed by atoms with van der Waals surface area (Å²) in [6.07, 6.45) is 5.67. The smallest absolute Gasteiger partial charge is 0.00929 e. The molecule has 0 bridgehead atoms. The van der Waals surface area contributed by atoms with Gasteiger partial charge in [0.05, 0.1) is 0 Å². The molecule has 2 unspecified atom stereocenters. The molecule has 0 spiro atoms. The molecule has 1 saturated carbocycles. The first-order valence-electron chi connectivity index (χ1n) is 5.72. The van der Waals surface area contributed by atoms with Crippen molar-refractivity contribution < 1.29 is 0 Å². The normalized spacial score (nSPS) is 30.5. The Balaban J connectivity index is 2.27. The number of rotatable bonds is 2. The average Bonchev–Trinajstić information content (AvgIpc) is 2.01. The SMILES string of the molecule is CC1CCCCC1NCC(C)(C)C. The number of hydrogen-bond donors (Lipinski definition) is 1. The van der Waals surface area contributed by atoms with Crippen LogP contribution >= 0.6 is 0 Å². The molecule has 0 aromatic heterocycles. The predicted octanol–water partition coefficient (Wildman–Crippen LogP) is 3.20. The lowest BCUT2D eigenvalue weighted by molar-refractivity contribution is 0.249. The molecule has 1 nitrogen and oxygen atoms in total. The molecule has 0 aliphatic heterocycles. The van der Waals surface area contributed by atoms with Crippen molar-refractivity contribution in [2.75, 3.05) is 6.54 Å². The minimum atomic E-state index is 0.428. The third-order valence-electron chi connectivity index (χ3n) is 3.01. The number of nitrogens with one attached hydrogen (secondary N) is 1. The van der Waals surface area contributed by atoms with Crippen LogP contribution in [0.3, 0.4) is 0 Å². The summed E-state index contributed by atoms with van der Waals surface area (Å²) in [6.45, 7) is 10.4. The van der Waals surface area contributed by atoms with Gasteiger partial charge in [0.25, 0.3) is 0 Å². The van der Waals surface area contributed by atoms with Crippen LogP contribution in [-0.4, -0.2) is 12.6 Å². The molecule has 1 aliphatic rings. The highest BCUT2D eigenvalue weighted by molar-refractivity contribution is 4.79. The fraction of sp³-hybridized carbons (Fsp3) is 1.00. The van der Waals surface area contributed by atoms with E-state index < -0.39 is 0 Å². The van der Waals surface area contributed by atoms with Crippen molar-refractivity contribution in [1.82, 2.24) is 5.32 Å². The quantitative estimate of drug-likeness (QED) is 0.693. The maximum atomic E-state index is 3.71. The Morgan fingerprint density at radius 1 is 1.15 bits per heavy atom. The second kappa shape index (κ2) is 4.45. The van der Waals surface area contributed by atoms with E-state index in [0.29, 0.717) is 5.41 Å². The molecule has 0 saturated heterocycles. The lowest BCUT2D eigenvalue weighted by atomic mass is 9.85. The largest absolute Gasteiger partial charge is 0.313 e. The van der Waals surface area contributed by atoms with Crippen LogP contribution in [0.25, 0.3) is 0 Å². The maximum Gasteiger partial charge on any atom is 0.00929 e. The molecule has 78 valence electrons. The van der Waals surface area contributed by atoms with Crippen molar-refractivity contribution in [3.8, 4) is 0 Å². The van der Waals surface area contributed by atoms with E-state index >= 15 is 0 Å². The van der Waals surface area contributed by atoms with E-state index in [2.05, 4.69) is 33.0 Å². The molecular formula is C12H25N. The Bertz CT molecular complexity index is 146. The van der Waals surface area contributed by atoms with Gasteiger partial charge in [-0.25, -0.2) is 0 Å². The van der Waals surface area contributed by atoms with Gasteiger partial charge in [-0.1, -0.05) is 40.5 Å². The molecule has 0 aromatic rings. The van der Waals surface area contributed by atoms with Crippen LogP contribution in [0.2, 0.25) is 0 Å². The first-order valence-corrected chi connectivity index (χ1v) is 5.72. The van der Waals surface area contributed by atoms with Crippen molar-refractivity contribution in [3.63, 3.8) is 0 Å². The molecule has 1 aliphatic carbocycles. The second-order valence-corrected chi connectivity index (χ2v) is 5.81. The monoisotopic (exact) mass is 183 g/mol. The van der Waals surface area contributed by atoms with Crippen LogP contribution in [0.4, 0.5) is 0 Å². The zero-order chi connectivity index (χ0) is 9.90. The van der Waals surface area contributed by atoms with E-state index in [0.717, 1.165) is 18.5 Å². The molecule has 0 heterocycles. The summed E-state index contributed by atoms with van der Waals surface area (Å²) in [5.74, 6) is 0.885. The van der Waals surface area contributed by atoms with Crippen LogP contribution in [-0.2, 0) is 0 Å². The molecule has 1 rings (SSSR count). The first-order chi connectivity index (χ1) is 5.99. The lowest BCUT2D eigenvalue weighted by Gasteiger charge is -2.32. The summed E-state index contributed by atoms with van der Waals surface area (Å²) in [5, 5.41) is 3.71. The van der Waals surface area contributed by atoms with Gasteiger partial charge in [-0.15, -0.1) is 0 Å². The van der Waals surface area contributed by atoms with Crippen molar-refractivity contribution in [2.24, 2.45) is 11.3 Å². The zero-order valence-corrected chi connectivity index (χ0v) is 9.69. The van der Waals surface area contributed by atoms with E-state index in [-0.39, 0.29) is 0 Å². The summed E-state index contributed by atoms with van der Waals surface area (Å²) in [4.78, 5) is 0. The van der Waals surface area contributed by atoms with Gasteiger partial charge in [-0.05, 0) is 24.2 Å². The van der Waals surface area contributed by atoms with E-state index in [9.17, 15) is 0 Å². The van der Waals surface area contributed by atoms with Crippen molar-refractivity contribution in [3.05, 3.63) is 0 Å². The summed E-state index contributed by atoms with van der Waals surface area (Å²) in [6, 6.07) is 0.785. The molecular weight excluding hydrogens is 158 g/mol. The Morgan fingerprint density at radius 3 is 2.31 bits per heavy atom. The van der Waals surface area contributed by atoms with Crippen LogP contribution in [0.15, 0.2) is 0 Å². The minimum absolute atomic E-state index is 0.428. The van der Waals surface area contributed by atoms with Gasteiger partial charge >= 0.3 is 0 Å². The summed E-state index contributed by atoms with van der Waals surface area (Å²) < 4.78 is 0. The highest BCUT2D eigenvalue weighted by Gasteiger charge is 2.22. The summed E-state index contributed by atoms with van der Waals surface area (Å²) in [7, 11) is 0. The average molecular weight is 183 g/mol. The van der Waals surface area contributed by atoms with Gasteiger partial charge in [-0.2, -0.15) is 0 Å². The zero-order valence-electron chi connectivity index (χ0n) is 9.69. The van der Waals surface area contributed by atoms with Gasteiger partial charge in [-0.3, -0.25) is 0 Å². The van der Waals surface area contributed by atoms with Gasteiger partial charge in [0, 0.05) is 12.6 Å². The van der Waals surface area contributed by atoms with E-state index in [4.69, 9.17) is 0 Å². The highest BCUT2D eigenvalue weighted by atomic mass is 14.9. The first kappa shape index (κ1) is 11.0. The molecule has 1 N–H and O–H groups in total. The van der Waals surface area contributed by atoms with Crippen LogP contribution in [0.5, 0.6) is 0 Å². The summed E-state index contributed by atoms with van der Waals surface area (Å²) >= 11 is 0. The van der Waals surface area contributed by atoms with Gasteiger partial charge < -0.3 is 5.32 Å². The van der Waals surface area contributed by atoms with Crippen molar-refractivity contribution >= 4 is 0 Å². The van der Waals surface area contributed by atoms with Crippen molar-refractivity contribution in [2.45, 2.75) is 59.4 Å². The molecule has 2 atom stereocenters. The third kappa shape index (κ3) is 4.12. The van der Waals surface area contributed by atoms with Crippen molar-refractivity contribution in [1.29, 1.82) is 0 Å². The molecule has 0 radical (unpaired) electrons. The molecule has 13 heavy (non-hydrogen) atoms. The summed E-state index contributed by atoms with van der Waals surface area (Å²) in [5.41, 5.74) is 0.428. The van der Waals surface area contributed by atoms with Crippen LogP contribution in [0, 0.1) is 11.3 Å². The maximum absolute atomic E-state index is 3.71. The van der Waals surface area contributed by atoms with Gasteiger partial charge in [0.15, 0.2) is 0 Å². The van der Waals surface area contributed by atoms with E-state index in [1.54, 1.807) is 0 Å². The van der Waals surface area contributed by atoms with E-state index in [1.807, 2.05) is 0 Å². The standard InChI is InChI=1S/C12H25N/c1-10-7-5-6-8-11(10)13-9-12(2,3)4/h10-11,13H,5-9H2,1-4H3. The molecule has 0 aromatic carbocycles. The Kier molecular flexibility index (Phi) is 3.78. The minimum Gasteiger partial charge on any atom is -0.313 e. The third-order valence-corrected chi connectivity index (χ3v) is 3.01. The molecule has 1 heteroatoms. The van der Waals surface area contributed by atoms with Crippen LogP contribution < -0.4 is 5.32 Å². The van der Waals surface area contributed by atoms with Gasteiger partial charge in [0.2, 0.25) is 0 Å². The Hall–Kier alpha value is -0.0400.